The van der Waals surface area contributed by atoms with Crippen molar-refractivity contribution in [1.29, 1.82) is 0 Å². The van der Waals surface area contributed by atoms with Crippen molar-refractivity contribution in [3.05, 3.63) is 11.5 Å². The first-order chi connectivity index (χ1) is 6.66. The van der Waals surface area contributed by atoms with E-state index in [4.69, 9.17) is 9.47 Å². The molecule has 0 unspecified atom stereocenters. The van der Waals surface area contributed by atoms with E-state index in [9.17, 15) is 0 Å². The molecule has 0 N–H and O–H groups in total. The summed E-state index contributed by atoms with van der Waals surface area (Å²) in [5.74, 6) is 1.59. The molecule has 14 heavy (non-hydrogen) atoms. The normalized spacial score (nSPS) is 17.6. The molecule has 0 aromatic rings. The SMILES string of the molecule is COCCN1CCOC(C)=C1C(C)C. The van der Waals surface area contributed by atoms with Crippen molar-refractivity contribution in [3.8, 4) is 0 Å². The molecule has 0 radical (unpaired) electrons. The third-order valence-electron chi connectivity index (χ3n) is 2.49. The van der Waals surface area contributed by atoms with Gasteiger partial charge in [0.25, 0.3) is 0 Å². The first-order valence-electron chi connectivity index (χ1n) is 5.24. The van der Waals surface area contributed by atoms with Gasteiger partial charge in [0.05, 0.1) is 18.8 Å². The standard InChI is InChI=1S/C11H21NO2/c1-9(2)11-10(3)14-8-6-12(11)5-7-13-4/h9H,5-8H2,1-4H3. The molecule has 1 heterocycles. The molecule has 0 aliphatic carbocycles. The van der Waals surface area contributed by atoms with Crippen molar-refractivity contribution in [2.75, 3.05) is 33.4 Å². The molecule has 3 heteroatoms. The van der Waals surface area contributed by atoms with Gasteiger partial charge in [-0.25, -0.2) is 0 Å². The van der Waals surface area contributed by atoms with Crippen LogP contribution < -0.4 is 0 Å². The van der Waals surface area contributed by atoms with E-state index in [1.807, 2.05) is 6.92 Å². The number of allylic oxidation sites excluding steroid dienone is 2. The topological polar surface area (TPSA) is 21.7 Å². The molecule has 1 aliphatic rings. The maximum Gasteiger partial charge on any atom is 0.112 e. The van der Waals surface area contributed by atoms with Gasteiger partial charge >= 0.3 is 0 Å². The van der Waals surface area contributed by atoms with Crippen LogP contribution in [-0.2, 0) is 9.47 Å². The molecular weight excluding hydrogens is 178 g/mol. The highest BCUT2D eigenvalue weighted by molar-refractivity contribution is 5.10. The lowest BCUT2D eigenvalue weighted by Crippen LogP contribution is -2.36. The number of hydrogen-bond acceptors (Lipinski definition) is 3. The van der Waals surface area contributed by atoms with Crippen LogP contribution in [0.1, 0.15) is 20.8 Å². The highest BCUT2D eigenvalue weighted by Gasteiger charge is 2.20. The van der Waals surface area contributed by atoms with E-state index >= 15 is 0 Å². The summed E-state index contributed by atoms with van der Waals surface area (Å²) in [6.07, 6.45) is 0. The van der Waals surface area contributed by atoms with E-state index in [1.165, 1.54) is 5.70 Å². The third-order valence-corrected chi connectivity index (χ3v) is 2.49. The van der Waals surface area contributed by atoms with Crippen LogP contribution in [0.15, 0.2) is 11.5 Å². The van der Waals surface area contributed by atoms with Crippen molar-refractivity contribution in [2.45, 2.75) is 20.8 Å². The summed E-state index contributed by atoms with van der Waals surface area (Å²) < 4.78 is 10.7. The Labute approximate surface area is 86.7 Å². The summed E-state index contributed by atoms with van der Waals surface area (Å²) in [5.41, 5.74) is 1.33. The van der Waals surface area contributed by atoms with Gasteiger partial charge in [0.2, 0.25) is 0 Å². The van der Waals surface area contributed by atoms with E-state index in [2.05, 4.69) is 18.7 Å². The minimum atomic E-state index is 0.521. The average Bonchev–Trinajstić information content (AvgIpc) is 2.14. The molecule has 0 amide bonds. The lowest BCUT2D eigenvalue weighted by Gasteiger charge is -2.34. The zero-order valence-electron chi connectivity index (χ0n) is 9.67. The molecule has 0 aromatic heterocycles. The molecule has 1 rings (SSSR count). The molecule has 0 bridgehead atoms. The van der Waals surface area contributed by atoms with Crippen LogP contribution >= 0.6 is 0 Å². The largest absolute Gasteiger partial charge is 0.495 e. The zero-order chi connectivity index (χ0) is 10.6. The summed E-state index contributed by atoms with van der Waals surface area (Å²) in [7, 11) is 1.74. The molecule has 0 saturated heterocycles. The molecule has 0 atom stereocenters. The fraction of sp³-hybridized carbons (Fsp3) is 0.818. The number of ether oxygens (including phenoxy) is 2. The Kier molecular flexibility index (Phi) is 4.26. The zero-order valence-corrected chi connectivity index (χ0v) is 9.67. The van der Waals surface area contributed by atoms with E-state index in [1.54, 1.807) is 7.11 Å². The van der Waals surface area contributed by atoms with Gasteiger partial charge in [-0.1, -0.05) is 13.8 Å². The summed E-state index contributed by atoms with van der Waals surface area (Å²) in [6, 6.07) is 0. The van der Waals surface area contributed by atoms with Gasteiger partial charge < -0.3 is 14.4 Å². The Morgan fingerprint density at radius 2 is 2.21 bits per heavy atom. The maximum absolute atomic E-state index is 5.56. The molecule has 0 fully saturated rings. The molecule has 0 aromatic carbocycles. The lowest BCUT2D eigenvalue weighted by molar-refractivity contribution is 0.0951. The molecule has 1 aliphatic heterocycles. The third kappa shape index (κ3) is 2.64. The summed E-state index contributed by atoms with van der Waals surface area (Å²) in [5, 5.41) is 0. The Bertz CT molecular complexity index is 211. The van der Waals surface area contributed by atoms with Gasteiger partial charge in [0, 0.05) is 13.7 Å². The van der Waals surface area contributed by atoms with E-state index < -0.39 is 0 Å². The van der Waals surface area contributed by atoms with Crippen molar-refractivity contribution >= 4 is 0 Å². The number of rotatable bonds is 4. The second-order valence-electron chi connectivity index (χ2n) is 3.92. The summed E-state index contributed by atoms with van der Waals surface area (Å²) >= 11 is 0. The fourth-order valence-corrected chi connectivity index (χ4v) is 1.93. The van der Waals surface area contributed by atoms with Crippen LogP contribution in [0.5, 0.6) is 0 Å². The highest BCUT2D eigenvalue weighted by atomic mass is 16.5. The van der Waals surface area contributed by atoms with E-state index in [0.29, 0.717) is 5.92 Å². The average molecular weight is 199 g/mol. The van der Waals surface area contributed by atoms with Crippen LogP contribution in [0, 0.1) is 5.92 Å². The number of hydrogen-bond donors (Lipinski definition) is 0. The van der Waals surface area contributed by atoms with Crippen LogP contribution in [0.25, 0.3) is 0 Å². The first-order valence-corrected chi connectivity index (χ1v) is 5.24. The van der Waals surface area contributed by atoms with Gasteiger partial charge in [0.1, 0.15) is 12.4 Å². The van der Waals surface area contributed by atoms with Crippen molar-refractivity contribution in [2.24, 2.45) is 5.92 Å². The number of nitrogens with zero attached hydrogens (tertiary/aromatic N) is 1. The van der Waals surface area contributed by atoms with Gasteiger partial charge in [-0.2, -0.15) is 0 Å². The predicted octanol–water partition coefficient (Wildman–Crippen LogP) is 1.85. The van der Waals surface area contributed by atoms with Gasteiger partial charge in [0.15, 0.2) is 0 Å². The van der Waals surface area contributed by atoms with Crippen LogP contribution in [0.3, 0.4) is 0 Å². The first kappa shape index (κ1) is 11.4. The number of methoxy groups -OCH3 is 1. The molecule has 0 saturated carbocycles. The Balaban J connectivity index is 2.67. The Morgan fingerprint density at radius 3 is 2.79 bits per heavy atom. The quantitative estimate of drug-likeness (QED) is 0.689. The second kappa shape index (κ2) is 5.25. The Hall–Kier alpha value is -0.700. The fourth-order valence-electron chi connectivity index (χ4n) is 1.93. The van der Waals surface area contributed by atoms with Gasteiger partial charge in [-0.05, 0) is 12.8 Å². The van der Waals surface area contributed by atoms with Crippen LogP contribution in [0.2, 0.25) is 0 Å². The van der Waals surface area contributed by atoms with Gasteiger partial charge in [-0.3, -0.25) is 0 Å². The van der Waals surface area contributed by atoms with Crippen LogP contribution in [0.4, 0.5) is 0 Å². The minimum Gasteiger partial charge on any atom is -0.495 e. The molecule has 82 valence electrons. The summed E-state index contributed by atoms with van der Waals surface area (Å²) in [6.45, 7) is 9.98. The Morgan fingerprint density at radius 1 is 1.50 bits per heavy atom. The molecule has 0 spiro atoms. The van der Waals surface area contributed by atoms with Crippen molar-refractivity contribution < 1.29 is 9.47 Å². The second-order valence-corrected chi connectivity index (χ2v) is 3.92. The molecule has 3 nitrogen and oxygen atoms in total. The van der Waals surface area contributed by atoms with E-state index in [-0.39, 0.29) is 0 Å². The van der Waals surface area contributed by atoms with Gasteiger partial charge in [-0.15, -0.1) is 0 Å². The molecular formula is C11H21NO2. The van der Waals surface area contributed by atoms with Crippen molar-refractivity contribution in [1.82, 2.24) is 4.90 Å². The van der Waals surface area contributed by atoms with Crippen molar-refractivity contribution in [3.63, 3.8) is 0 Å². The monoisotopic (exact) mass is 199 g/mol. The smallest absolute Gasteiger partial charge is 0.112 e. The van der Waals surface area contributed by atoms with Crippen LogP contribution in [-0.4, -0.2) is 38.3 Å². The lowest BCUT2D eigenvalue weighted by atomic mass is 10.1. The predicted molar refractivity (Wildman–Crippen MR) is 56.9 cm³/mol. The minimum absolute atomic E-state index is 0.521. The highest BCUT2D eigenvalue weighted by Crippen LogP contribution is 2.23. The summed E-state index contributed by atoms with van der Waals surface area (Å²) in [4.78, 5) is 2.37. The maximum atomic E-state index is 5.56. The van der Waals surface area contributed by atoms with E-state index in [0.717, 1.165) is 32.1 Å².